The minimum atomic E-state index is -5.52. The molecule has 0 saturated carbocycles. The molecular formula is C31H30F2N3O4P. The van der Waals surface area contributed by atoms with E-state index < -0.39 is 19.7 Å². The number of fused-ring (bicyclic) bond motifs is 3. The molecule has 0 atom stereocenters. The van der Waals surface area contributed by atoms with Crippen molar-refractivity contribution in [2.24, 2.45) is 0 Å². The molecule has 10 heteroatoms. The number of alkyl halides is 2. The Hall–Kier alpha value is -3.91. The van der Waals surface area contributed by atoms with Crippen LogP contribution in [0.5, 0.6) is 5.75 Å². The summed E-state index contributed by atoms with van der Waals surface area (Å²) in [7, 11) is -5.52. The van der Waals surface area contributed by atoms with E-state index in [-0.39, 0.29) is 12.2 Å². The highest BCUT2D eigenvalue weighted by Gasteiger charge is 2.48. The number of benzene rings is 3. The van der Waals surface area contributed by atoms with E-state index in [0.29, 0.717) is 17.1 Å². The molecule has 0 unspecified atom stereocenters. The summed E-state index contributed by atoms with van der Waals surface area (Å²) in [5.74, 6) is 1.11. The van der Waals surface area contributed by atoms with E-state index in [2.05, 4.69) is 28.2 Å². The largest absolute Gasteiger partial charge is 0.489 e. The molecule has 41 heavy (non-hydrogen) atoms. The zero-order valence-corrected chi connectivity index (χ0v) is 23.5. The molecule has 212 valence electrons. The number of nitrogens with two attached hydrogens (primary N) is 1. The SMILES string of the molecule is Cc1ccc2c(c1)nc(N)c1ncc(CCc3ccc(OCc4ccc(CC(F)(F)P(=O)(O)O)cc4)cc3C)cc12. The Morgan fingerprint density at radius 3 is 2.34 bits per heavy atom. The Morgan fingerprint density at radius 2 is 1.63 bits per heavy atom. The van der Waals surface area contributed by atoms with Crippen molar-refractivity contribution in [2.45, 2.75) is 45.4 Å². The lowest BCUT2D eigenvalue weighted by molar-refractivity contribution is 0.0594. The van der Waals surface area contributed by atoms with E-state index in [0.717, 1.165) is 51.4 Å². The van der Waals surface area contributed by atoms with Crippen LogP contribution in [0.15, 0.2) is 72.9 Å². The lowest BCUT2D eigenvalue weighted by Gasteiger charge is -2.17. The molecule has 0 spiro atoms. The maximum atomic E-state index is 13.7. The summed E-state index contributed by atoms with van der Waals surface area (Å²) in [5, 5.41) is 2.02. The van der Waals surface area contributed by atoms with Crippen molar-refractivity contribution < 1.29 is 27.9 Å². The van der Waals surface area contributed by atoms with Crippen molar-refractivity contribution in [3.8, 4) is 5.75 Å². The lowest BCUT2D eigenvalue weighted by atomic mass is 9.99. The summed E-state index contributed by atoms with van der Waals surface area (Å²) < 4.78 is 44.2. The number of hydrogen-bond acceptors (Lipinski definition) is 5. The van der Waals surface area contributed by atoms with Crippen LogP contribution in [0, 0.1) is 13.8 Å². The van der Waals surface area contributed by atoms with Gasteiger partial charge in [0.1, 0.15) is 17.9 Å². The van der Waals surface area contributed by atoms with Gasteiger partial charge in [0.15, 0.2) is 5.82 Å². The Labute approximate surface area is 236 Å². The number of hydrogen-bond donors (Lipinski definition) is 3. The number of aromatic nitrogens is 2. The van der Waals surface area contributed by atoms with Gasteiger partial charge < -0.3 is 20.3 Å². The molecule has 2 heterocycles. The van der Waals surface area contributed by atoms with E-state index in [1.807, 2.05) is 44.3 Å². The van der Waals surface area contributed by atoms with E-state index in [1.54, 1.807) is 12.1 Å². The summed E-state index contributed by atoms with van der Waals surface area (Å²) in [6.07, 6.45) is 2.44. The van der Waals surface area contributed by atoms with Crippen LogP contribution < -0.4 is 10.5 Å². The van der Waals surface area contributed by atoms with Gasteiger partial charge in [0.05, 0.1) is 5.52 Å². The predicted octanol–water partition coefficient (Wildman–Crippen LogP) is 6.66. The van der Waals surface area contributed by atoms with Crippen LogP contribution in [-0.4, -0.2) is 25.4 Å². The van der Waals surface area contributed by atoms with Crippen LogP contribution in [0.4, 0.5) is 14.6 Å². The standard InChI is InChI=1S/C31H30F2N3O4P/c1-19-3-12-26-27-15-23(17-35-29(27)30(34)36-28(26)13-19)8-9-24-10-11-25(14-20(24)2)40-18-22-6-4-21(5-7-22)16-31(32,33)41(37,38)39/h3-7,10-15,17H,8-9,16,18H2,1-2H3,(H2,34,36)(H2,37,38,39). The Bertz CT molecular complexity index is 1790. The third-order valence-corrected chi connectivity index (χ3v) is 8.15. The van der Waals surface area contributed by atoms with Gasteiger partial charge in [-0.2, -0.15) is 8.78 Å². The Kier molecular flexibility index (Phi) is 7.79. The molecule has 0 amide bonds. The van der Waals surface area contributed by atoms with Gasteiger partial charge in [-0.3, -0.25) is 9.55 Å². The lowest BCUT2D eigenvalue weighted by Crippen LogP contribution is -2.19. The van der Waals surface area contributed by atoms with Gasteiger partial charge in [-0.05, 0) is 84.3 Å². The van der Waals surface area contributed by atoms with Crippen LogP contribution in [0.3, 0.4) is 0 Å². The van der Waals surface area contributed by atoms with Crippen molar-refractivity contribution in [3.05, 3.63) is 106 Å². The monoisotopic (exact) mass is 577 g/mol. The topological polar surface area (TPSA) is 119 Å². The molecule has 0 bridgehead atoms. The van der Waals surface area contributed by atoms with Crippen molar-refractivity contribution in [3.63, 3.8) is 0 Å². The van der Waals surface area contributed by atoms with Gasteiger partial charge in [-0.25, -0.2) is 4.98 Å². The molecule has 4 N–H and O–H groups in total. The first kappa shape index (κ1) is 28.6. The molecule has 3 aromatic carbocycles. The van der Waals surface area contributed by atoms with E-state index in [4.69, 9.17) is 20.3 Å². The second kappa shape index (κ2) is 11.2. The third kappa shape index (κ3) is 6.38. The maximum Gasteiger partial charge on any atom is 0.394 e. The molecule has 0 aliphatic rings. The molecule has 5 aromatic rings. The highest BCUT2D eigenvalue weighted by atomic mass is 31.2. The summed E-state index contributed by atoms with van der Waals surface area (Å²) >= 11 is 0. The fraction of sp³-hybridized carbons (Fsp3) is 0.226. The van der Waals surface area contributed by atoms with Crippen LogP contribution in [-0.2, 0) is 30.4 Å². The predicted molar refractivity (Wildman–Crippen MR) is 156 cm³/mol. The maximum absolute atomic E-state index is 13.7. The number of aryl methyl sites for hydroxylation is 4. The molecule has 0 radical (unpaired) electrons. The molecular weight excluding hydrogens is 547 g/mol. The van der Waals surface area contributed by atoms with E-state index >= 15 is 0 Å². The highest BCUT2D eigenvalue weighted by Crippen LogP contribution is 2.54. The minimum absolute atomic E-state index is 0.132. The minimum Gasteiger partial charge on any atom is -0.489 e. The second-order valence-electron chi connectivity index (χ2n) is 10.3. The molecule has 0 aliphatic heterocycles. The molecule has 2 aromatic heterocycles. The van der Waals surface area contributed by atoms with Crippen molar-refractivity contribution in [1.29, 1.82) is 0 Å². The van der Waals surface area contributed by atoms with Crippen LogP contribution in [0.25, 0.3) is 21.8 Å². The fourth-order valence-corrected chi connectivity index (χ4v) is 5.17. The van der Waals surface area contributed by atoms with Gasteiger partial charge in [0, 0.05) is 23.4 Å². The Morgan fingerprint density at radius 1 is 0.902 bits per heavy atom. The van der Waals surface area contributed by atoms with E-state index in [1.165, 1.54) is 17.7 Å². The second-order valence-corrected chi connectivity index (χ2v) is 12.1. The highest BCUT2D eigenvalue weighted by molar-refractivity contribution is 7.53. The summed E-state index contributed by atoms with van der Waals surface area (Å²) in [6.45, 7) is 4.28. The van der Waals surface area contributed by atoms with Gasteiger partial charge in [-0.15, -0.1) is 0 Å². The van der Waals surface area contributed by atoms with Gasteiger partial charge in [-0.1, -0.05) is 42.5 Å². The number of nitrogens with zero attached hydrogens (tertiary/aromatic N) is 2. The van der Waals surface area contributed by atoms with Gasteiger partial charge >= 0.3 is 13.3 Å². The number of rotatable bonds is 9. The quantitative estimate of drug-likeness (QED) is 0.132. The number of pyridine rings is 2. The molecule has 0 aliphatic carbocycles. The third-order valence-electron chi connectivity index (χ3n) is 7.14. The summed E-state index contributed by atoms with van der Waals surface area (Å²) in [4.78, 5) is 26.8. The first-order chi connectivity index (χ1) is 19.4. The van der Waals surface area contributed by atoms with Crippen LogP contribution in [0.2, 0.25) is 0 Å². The van der Waals surface area contributed by atoms with Crippen molar-refractivity contribution in [2.75, 3.05) is 5.73 Å². The fourth-order valence-electron chi connectivity index (χ4n) is 4.79. The molecule has 5 rings (SSSR count). The zero-order chi connectivity index (χ0) is 29.4. The average molecular weight is 578 g/mol. The molecule has 0 fully saturated rings. The Balaban J connectivity index is 1.22. The number of nitrogen functional groups attached to an aromatic ring is 1. The first-order valence-electron chi connectivity index (χ1n) is 13.1. The van der Waals surface area contributed by atoms with Crippen LogP contribution in [0.1, 0.15) is 33.4 Å². The average Bonchev–Trinajstić information content (AvgIpc) is 2.91. The number of anilines is 1. The summed E-state index contributed by atoms with van der Waals surface area (Å²) in [5.41, 5.74) is 9.02. The zero-order valence-electron chi connectivity index (χ0n) is 22.6. The van der Waals surface area contributed by atoms with Crippen molar-refractivity contribution in [1.82, 2.24) is 9.97 Å². The van der Waals surface area contributed by atoms with E-state index in [9.17, 15) is 13.3 Å². The molecule has 7 nitrogen and oxygen atoms in total. The number of halogens is 2. The summed E-state index contributed by atoms with van der Waals surface area (Å²) in [6, 6.07) is 20.3. The van der Waals surface area contributed by atoms with Crippen molar-refractivity contribution >= 4 is 35.2 Å². The normalized spacial score (nSPS) is 12.2. The number of ether oxygens (including phenoxy) is 1. The smallest absolute Gasteiger partial charge is 0.394 e. The first-order valence-corrected chi connectivity index (χ1v) is 14.7. The van der Waals surface area contributed by atoms with Gasteiger partial charge in [0.2, 0.25) is 0 Å². The molecule has 0 saturated heterocycles. The van der Waals surface area contributed by atoms with Gasteiger partial charge in [0.25, 0.3) is 0 Å². The van der Waals surface area contributed by atoms with Crippen LogP contribution >= 0.6 is 7.60 Å².